The minimum absolute atomic E-state index is 0.000108. The molecule has 0 spiro atoms. The van der Waals surface area contributed by atoms with Crippen molar-refractivity contribution in [2.24, 2.45) is 11.7 Å². The number of carbonyl (C=O) groups is 1. The number of rotatable bonds is 7. The molecule has 1 rings (SSSR count). The van der Waals surface area contributed by atoms with E-state index < -0.39 is 12.8 Å². The summed E-state index contributed by atoms with van der Waals surface area (Å²) in [5.41, 5.74) is 5.59. The quantitative estimate of drug-likeness (QED) is 0.705. The Bertz CT molecular complexity index is 280. The van der Waals surface area contributed by atoms with Gasteiger partial charge in [0.15, 0.2) is 0 Å². The van der Waals surface area contributed by atoms with E-state index in [4.69, 9.17) is 5.73 Å². The number of nitrogens with zero attached hydrogens (tertiary/aromatic N) is 1. The van der Waals surface area contributed by atoms with Gasteiger partial charge in [-0.25, -0.2) is 0 Å². The van der Waals surface area contributed by atoms with Gasteiger partial charge in [-0.1, -0.05) is 0 Å². The Morgan fingerprint density at radius 1 is 1.50 bits per heavy atom. The van der Waals surface area contributed by atoms with Crippen LogP contribution in [0.4, 0.5) is 13.2 Å². The van der Waals surface area contributed by atoms with Crippen molar-refractivity contribution in [3.8, 4) is 0 Å². The Balaban J connectivity index is 2.23. The van der Waals surface area contributed by atoms with E-state index in [1.807, 2.05) is 0 Å². The maximum Gasteiger partial charge on any atom is 0.411 e. The van der Waals surface area contributed by atoms with E-state index in [0.717, 1.165) is 12.8 Å². The van der Waals surface area contributed by atoms with Gasteiger partial charge in [0.25, 0.3) is 0 Å². The highest BCUT2D eigenvalue weighted by molar-refractivity contribution is 5.76. The lowest BCUT2D eigenvalue weighted by atomic mass is 10.1. The molecule has 1 saturated carbocycles. The van der Waals surface area contributed by atoms with Crippen LogP contribution in [0.2, 0.25) is 0 Å². The number of hydrogen-bond acceptors (Lipinski definition) is 3. The van der Waals surface area contributed by atoms with Crippen molar-refractivity contribution in [1.82, 2.24) is 4.90 Å². The number of halogens is 3. The van der Waals surface area contributed by atoms with Crippen LogP contribution in [-0.4, -0.2) is 49.8 Å². The normalized spacial score (nSPS) is 17.6. The molecule has 1 unspecified atom stereocenters. The molecule has 106 valence electrons. The summed E-state index contributed by atoms with van der Waals surface area (Å²) in [4.78, 5) is 13.2. The van der Waals surface area contributed by atoms with E-state index in [9.17, 15) is 18.0 Å². The van der Waals surface area contributed by atoms with Crippen LogP contribution < -0.4 is 5.73 Å². The lowest BCUT2D eigenvalue weighted by Gasteiger charge is -2.27. The molecule has 18 heavy (non-hydrogen) atoms. The summed E-state index contributed by atoms with van der Waals surface area (Å²) in [6.07, 6.45) is -2.27. The molecule has 0 heterocycles. The summed E-state index contributed by atoms with van der Waals surface area (Å²) in [7, 11) is 1.64. The molecular weight excluding hydrogens is 249 g/mol. The molecule has 0 bridgehead atoms. The molecule has 7 heteroatoms. The SMILES string of the molecule is CN(C(=O)CCOCC(F)(F)F)C(CN)C1CC1. The fraction of sp³-hybridized carbons (Fsp3) is 0.909. The number of amides is 1. The van der Waals surface area contributed by atoms with Gasteiger partial charge >= 0.3 is 6.18 Å². The smallest absolute Gasteiger partial charge is 0.372 e. The maximum atomic E-state index is 11.8. The molecule has 1 atom stereocenters. The second kappa shape index (κ2) is 6.38. The number of ether oxygens (including phenoxy) is 1. The Hall–Kier alpha value is -0.820. The van der Waals surface area contributed by atoms with Gasteiger partial charge < -0.3 is 15.4 Å². The van der Waals surface area contributed by atoms with Crippen LogP contribution in [-0.2, 0) is 9.53 Å². The third-order valence-corrected chi connectivity index (χ3v) is 3.02. The van der Waals surface area contributed by atoms with Gasteiger partial charge in [-0.2, -0.15) is 13.2 Å². The van der Waals surface area contributed by atoms with Crippen LogP contribution in [0.15, 0.2) is 0 Å². The van der Waals surface area contributed by atoms with Crippen molar-refractivity contribution in [1.29, 1.82) is 0 Å². The topological polar surface area (TPSA) is 55.6 Å². The first-order valence-corrected chi connectivity index (χ1v) is 5.95. The highest BCUT2D eigenvalue weighted by Crippen LogP contribution is 2.34. The monoisotopic (exact) mass is 268 g/mol. The number of nitrogens with two attached hydrogens (primary N) is 1. The first-order chi connectivity index (χ1) is 8.35. The van der Waals surface area contributed by atoms with Gasteiger partial charge in [-0.05, 0) is 18.8 Å². The summed E-state index contributed by atoms with van der Waals surface area (Å²) in [5, 5.41) is 0. The number of likely N-dealkylation sites (N-methyl/N-ethyl adjacent to an activating group) is 1. The maximum absolute atomic E-state index is 11.8. The Kier molecular flexibility index (Phi) is 5.40. The number of alkyl halides is 3. The lowest BCUT2D eigenvalue weighted by molar-refractivity contribution is -0.175. The average Bonchev–Trinajstić information content (AvgIpc) is 3.08. The van der Waals surface area contributed by atoms with Gasteiger partial charge in [0.1, 0.15) is 6.61 Å². The molecule has 1 aliphatic carbocycles. The zero-order chi connectivity index (χ0) is 13.8. The van der Waals surface area contributed by atoms with Gasteiger partial charge in [-0.3, -0.25) is 4.79 Å². The molecule has 0 aromatic carbocycles. The van der Waals surface area contributed by atoms with Crippen LogP contribution >= 0.6 is 0 Å². The first-order valence-electron chi connectivity index (χ1n) is 5.95. The van der Waals surface area contributed by atoms with Crippen LogP contribution in [0.1, 0.15) is 19.3 Å². The first kappa shape index (κ1) is 15.2. The summed E-state index contributed by atoms with van der Waals surface area (Å²) >= 11 is 0. The minimum atomic E-state index is -4.34. The standard InChI is InChI=1S/C11H19F3N2O2/c1-16(9(6-15)8-2-3-8)10(17)4-5-18-7-11(12,13)14/h8-9H,2-7,15H2,1H3. The third-order valence-electron chi connectivity index (χ3n) is 3.02. The highest BCUT2D eigenvalue weighted by Gasteiger charge is 2.34. The molecule has 1 amide bonds. The molecule has 0 saturated heterocycles. The van der Waals surface area contributed by atoms with Crippen molar-refractivity contribution >= 4 is 5.91 Å². The fourth-order valence-electron chi connectivity index (χ4n) is 1.86. The minimum Gasteiger partial charge on any atom is -0.372 e. The van der Waals surface area contributed by atoms with Crippen molar-refractivity contribution < 1.29 is 22.7 Å². The summed E-state index contributed by atoms with van der Waals surface area (Å²) in [6.45, 7) is -1.14. The molecule has 1 aliphatic rings. The van der Waals surface area contributed by atoms with Crippen LogP contribution in [0.25, 0.3) is 0 Å². The number of hydrogen-bond donors (Lipinski definition) is 1. The molecule has 4 nitrogen and oxygen atoms in total. The fourth-order valence-corrected chi connectivity index (χ4v) is 1.86. The van der Waals surface area contributed by atoms with Gasteiger partial charge in [-0.15, -0.1) is 0 Å². The van der Waals surface area contributed by atoms with E-state index >= 15 is 0 Å². The molecule has 1 fully saturated rings. The summed E-state index contributed by atoms with van der Waals surface area (Å²) < 4.78 is 39.8. The van der Waals surface area contributed by atoms with Crippen molar-refractivity contribution in [3.63, 3.8) is 0 Å². The van der Waals surface area contributed by atoms with Crippen molar-refractivity contribution in [2.45, 2.75) is 31.5 Å². The Morgan fingerprint density at radius 3 is 2.56 bits per heavy atom. The zero-order valence-electron chi connectivity index (χ0n) is 10.4. The lowest BCUT2D eigenvalue weighted by Crippen LogP contribution is -2.43. The molecule has 2 N–H and O–H groups in total. The van der Waals surface area contributed by atoms with Crippen LogP contribution in [0, 0.1) is 5.92 Å². The molecular formula is C11H19F3N2O2. The predicted molar refractivity (Wildman–Crippen MR) is 59.8 cm³/mol. The molecule has 0 aromatic rings. The Morgan fingerprint density at radius 2 is 2.11 bits per heavy atom. The molecule has 0 aliphatic heterocycles. The number of carbonyl (C=O) groups excluding carboxylic acids is 1. The van der Waals surface area contributed by atoms with E-state index in [-0.39, 0.29) is 25.0 Å². The molecule has 0 aromatic heterocycles. The third kappa shape index (κ3) is 5.22. The van der Waals surface area contributed by atoms with Crippen LogP contribution in [0.5, 0.6) is 0 Å². The Labute approximate surface area is 104 Å². The van der Waals surface area contributed by atoms with E-state index in [1.165, 1.54) is 4.90 Å². The van der Waals surface area contributed by atoms with E-state index in [2.05, 4.69) is 4.74 Å². The average molecular weight is 268 g/mol. The largest absolute Gasteiger partial charge is 0.411 e. The highest BCUT2D eigenvalue weighted by atomic mass is 19.4. The van der Waals surface area contributed by atoms with Gasteiger partial charge in [0, 0.05) is 19.6 Å². The predicted octanol–water partition coefficient (Wildman–Crippen LogP) is 1.15. The summed E-state index contributed by atoms with van der Waals surface area (Å²) in [5.74, 6) is 0.222. The van der Waals surface area contributed by atoms with Crippen LogP contribution in [0.3, 0.4) is 0 Å². The van der Waals surface area contributed by atoms with Gasteiger partial charge in [0.2, 0.25) is 5.91 Å². The second-order valence-electron chi connectivity index (χ2n) is 4.56. The van der Waals surface area contributed by atoms with Crippen molar-refractivity contribution in [2.75, 3.05) is 26.8 Å². The van der Waals surface area contributed by atoms with E-state index in [0.29, 0.717) is 12.5 Å². The van der Waals surface area contributed by atoms with Gasteiger partial charge in [0.05, 0.1) is 13.0 Å². The van der Waals surface area contributed by atoms with Crippen molar-refractivity contribution in [3.05, 3.63) is 0 Å². The summed E-state index contributed by atoms with van der Waals surface area (Å²) in [6, 6.07) is 0.000108. The van der Waals surface area contributed by atoms with E-state index in [1.54, 1.807) is 7.05 Å². The molecule has 0 radical (unpaired) electrons. The second-order valence-corrected chi connectivity index (χ2v) is 4.56. The zero-order valence-corrected chi connectivity index (χ0v) is 10.4.